The highest BCUT2D eigenvalue weighted by atomic mass is 16.5. The third-order valence-electron chi connectivity index (χ3n) is 3.98. The Morgan fingerprint density at radius 2 is 2.21 bits per heavy atom. The van der Waals surface area contributed by atoms with E-state index in [1.54, 1.807) is 24.3 Å². The maximum Gasteiger partial charge on any atom is 0.326 e. The van der Waals surface area contributed by atoms with Gasteiger partial charge in [0, 0.05) is 12.1 Å². The van der Waals surface area contributed by atoms with Gasteiger partial charge in [0.2, 0.25) is 0 Å². The summed E-state index contributed by atoms with van der Waals surface area (Å²) in [7, 11) is 1.54. The molecule has 1 saturated carbocycles. The van der Waals surface area contributed by atoms with Crippen LogP contribution in [0.25, 0.3) is 0 Å². The molecule has 1 aliphatic heterocycles. The van der Waals surface area contributed by atoms with Crippen LogP contribution in [0.1, 0.15) is 16.8 Å². The number of ether oxygens (including phenoxy) is 1. The summed E-state index contributed by atoms with van der Waals surface area (Å²) in [5.74, 6) is -0.00968. The van der Waals surface area contributed by atoms with E-state index in [0.717, 1.165) is 6.42 Å². The van der Waals surface area contributed by atoms with Gasteiger partial charge in [-0.25, -0.2) is 4.79 Å². The number of likely N-dealkylation sites (tertiary alicyclic amines) is 1. The Kier molecular flexibility index (Phi) is 2.69. The largest absolute Gasteiger partial charge is 0.497 e. The number of hydrogen-bond acceptors (Lipinski definition) is 3. The molecule has 2 fully saturated rings. The van der Waals surface area contributed by atoms with E-state index in [1.807, 2.05) is 0 Å². The summed E-state index contributed by atoms with van der Waals surface area (Å²) < 4.78 is 5.08. The van der Waals surface area contributed by atoms with E-state index in [-0.39, 0.29) is 11.8 Å². The number of carbonyl (C=O) groups is 2. The second kappa shape index (κ2) is 4.26. The van der Waals surface area contributed by atoms with Gasteiger partial charge in [-0.05, 0) is 36.5 Å². The number of benzene rings is 1. The Bertz CT molecular complexity index is 542. The lowest BCUT2D eigenvalue weighted by Gasteiger charge is -2.24. The number of piperidine rings is 1. The minimum atomic E-state index is -0.902. The molecule has 0 radical (unpaired) electrons. The molecule has 1 aromatic rings. The second-order valence-corrected chi connectivity index (χ2v) is 5.13. The average molecular weight is 261 g/mol. The summed E-state index contributed by atoms with van der Waals surface area (Å²) in [5.41, 5.74) is 0.479. The van der Waals surface area contributed by atoms with Crippen molar-refractivity contribution in [2.45, 2.75) is 12.5 Å². The number of carboxylic acid groups (broad SMARTS) is 1. The standard InChI is InChI=1S/C14H15NO4/c1-19-10-4-2-3-8(5-10)13(16)15-7-9-6-11(9)12(15)14(17)18/h2-5,9,11-12H,6-7H2,1H3,(H,17,18)/t9-,11+,12+/m0/s1. The van der Waals surface area contributed by atoms with Crippen molar-refractivity contribution in [1.29, 1.82) is 0 Å². The van der Waals surface area contributed by atoms with Gasteiger partial charge in [-0.15, -0.1) is 0 Å². The molecule has 5 nitrogen and oxygen atoms in total. The highest BCUT2D eigenvalue weighted by Crippen LogP contribution is 2.49. The van der Waals surface area contributed by atoms with Crippen molar-refractivity contribution in [3.63, 3.8) is 0 Å². The van der Waals surface area contributed by atoms with Gasteiger partial charge in [0.1, 0.15) is 11.8 Å². The minimum Gasteiger partial charge on any atom is -0.497 e. The fourth-order valence-electron chi connectivity index (χ4n) is 2.91. The van der Waals surface area contributed by atoms with Gasteiger partial charge in [-0.1, -0.05) is 6.07 Å². The summed E-state index contributed by atoms with van der Waals surface area (Å²) in [6.07, 6.45) is 0.929. The number of rotatable bonds is 3. The monoisotopic (exact) mass is 261 g/mol. The van der Waals surface area contributed by atoms with Gasteiger partial charge >= 0.3 is 5.97 Å². The zero-order chi connectivity index (χ0) is 13.6. The second-order valence-electron chi connectivity index (χ2n) is 5.13. The van der Waals surface area contributed by atoms with Crippen molar-refractivity contribution in [1.82, 2.24) is 4.90 Å². The van der Waals surface area contributed by atoms with Crippen molar-refractivity contribution < 1.29 is 19.4 Å². The first-order valence-electron chi connectivity index (χ1n) is 6.29. The lowest BCUT2D eigenvalue weighted by molar-refractivity contribution is -0.142. The summed E-state index contributed by atoms with van der Waals surface area (Å²) in [4.78, 5) is 25.2. The molecular formula is C14H15NO4. The zero-order valence-corrected chi connectivity index (χ0v) is 10.6. The first-order chi connectivity index (χ1) is 9.11. The van der Waals surface area contributed by atoms with Gasteiger partial charge < -0.3 is 14.7 Å². The normalized spacial score (nSPS) is 27.8. The van der Waals surface area contributed by atoms with E-state index in [4.69, 9.17) is 4.74 Å². The molecule has 0 unspecified atom stereocenters. The van der Waals surface area contributed by atoms with Gasteiger partial charge in [0.15, 0.2) is 0 Å². The summed E-state index contributed by atoms with van der Waals surface area (Å²) in [6.45, 7) is 0.553. The molecule has 2 aliphatic rings. The van der Waals surface area contributed by atoms with Crippen LogP contribution in [-0.2, 0) is 4.79 Å². The summed E-state index contributed by atoms with van der Waals surface area (Å²) in [6, 6.07) is 6.16. The first kappa shape index (κ1) is 12.0. The van der Waals surface area contributed by atoms with E-state index in [9.17, 15) is 14.7 Å². The number of carboxylic acids is 1. The molecule has 100 valence electrons. The zero-order valence-electron chi connectivity index (χ0n) is 10.6. The quantitative estimate of drug-likeness (QED) is 0.889. The number of nitrogens with zero attached hydrogens (tertiary/aromatic N) is 1. The summed E-state index contributed by atoms with van der Waals surface area (Å²) >= 11 is 0. The van der Waals surface area contributed by atoms with Gasteiger partial charge in [-0.3, -0.25) is 4.79 Å². The predicted octanol–water partition coefficient (Wildman–Crippen LogP) is 1.24. The van der Waals surface area contributed by atoms with Crippen LogP contribution < -0.4 is 4.74 Å². The molecule has 3 atom stereocenters. The van der Waals surface area contributed by atoms with Crippen LogP contribution in [0.15, 0.2) is 24.3 Å². The molecule has 1 aromatic carbocycles. The van der Waals surface area contributed by atoms with Crippen LogP contribution in [-0.4, -0.2) is 41.6 Å². The SMILES string of the molecule is COc1cccc(C(=O)N2C[C@@H]3C[C@H]3[C@@H]2C(=O)O)c1. The predicted molar refractivity (Wildman–Crippen MR) is 67.1 cm³/mol. The molecule has 1 heterocycles. The molecule has 3 rings (SSSR count). The number of fused-ring (bicyclic) bond motifs is 1. The van der Waals surface area contributed by atoms with E-state index < -0.39 is 12.0 Å². The van der Waals surface area contributed by atoms with Gasteiger partial charge in [0.05, 0.1) is 7.11 Å². The molecule has 19 heavy (non-hydrogen) atoms. The number of amides is 1. The lowest BCUT2D eigenvalue weighted by atomic mass is 10.1. The highest BCUT2D eigenvalue weighted by molar-refractivity contribution is 5.97. The first-order valence-corrected chi connectivity index (χ1v) is 6.29. The van der Waals surface area contributed by atoms with Gasteiger partial charge in [-0.2, -0.15) is 0 Å². The highest BCUT2D eigenvalue weighted by Gasteiger charge is 2.57. The molecule has 1 N–H and O–H groups in total. The van der Waals surface area contributed by atoms with Crippen LogP contribution in [0.2, 0.25) is 0 Å². The maximum absolute atomic E-state index is 12.4. The van der Waals surface area contributed by atoms with Gasteiger partial charge in [0.25, 0.3) is 5.91 Å². The lowest BCUT2D eigenvalue weighted by Crippen LogP contribution is -2.43. The third kappa shape index (κ3) is 1.95. The van der Waals surface area contributed by atoms with Crippen LogP contribution in [0.4, 0.5) is 0 Å². The van der Waals surface area contributed by atoms with Crippen molar-refractivity contribution in [2.24, 2.45) is 11.8 Å². The number of methoxy groups -OCH3 is 1. The van der Waals surface area contributed by atoms with Crippen LogP contribution >= 0.6 is 0 Å². The molecule has 0 bridgehead atoms. The Hall–Kier alpha value is -2.04. The average Bonchev–Trinajstić information content (AvgIpc) is 3.07. The van der Waals surface area contributed by atoms with Crippen molar-refractivity contribution in [3.05, 3.63) is 29.8 Å². The Balaban J connectivity index is 1.85. The smallest absolute Gasteiger partial charge is 0.326 e. The summed E-state index contributed by atoms with van der Waals surface area (Å²) in [5, 5.41) is 9.26. The van der Waals surface area contributed by atoms with Crippen LogP contribution in [0.3, 0.4) is 0 Å². The van der Waals surface area contributed by atoms with Crippen LogP contribution in [0, 0.1) is 11.8 Å². The Morgan fingerprint density at radius 1 is 1.42 bits per heavy atom. The fourth-order valence-corrected chi connectivity index (χ4v) is 2.91. The number of aliphatic carboxylic acids is 1. The van der Waals surface area contributed by atoms with Crippen LogP contribution in [0.5, 0.6) is 5.75 Å². The van der Waals surface area contributed by atoms with Crippen molar-refractivity contribution in [3.8, 4) is 5.75 Å². The molecule has 0 aromatic heterocycles. The number of carbonyl (C=O) groups excluding carboxylic acids is 1. The third-order valence-corrected chi connectivity index (χ3v) is 3.98. The maximum atomic E-state index is 12.4. The van der Waals surface area contributed by atoms with E-state index in [1.165, 1.54) is 12.0 Å². The minimum absolute atomic E-state index is 0.145. The topological polar surface area (TPSA) is 66.8 Å². The Labute approximate surface area is 110 Å². The molecule has 1 saturated heterocycles. The molecular weight excluding hydrogens is 246 g/mol. The Morgan fingerprint density at radius 3 is 2.89 bits per heavy atom. The fraction of sp³-hybridized carbons (Fsp3) is 0.429. The molecule has 1 aliphatic carbocycles. The van der Waals surface area contributed by atoms with E-state index >= 15 is 0 Å². The van der Waals surface area contributed by atoms with Crippen molar-refractivity contribution >= 4 is 11.9 Å². The molecule has 0 spiro atoms. The van der Waals surface area contributed by atoms with E-state index in [0.29, 0.717) is 23.8 Å². The van der Waals surface area contributed by atoms with E-state index in [2.05, 4.69) is 0 Å². The molecule has 5 heteroatoms. The van der Waals surface area contributed by atoms with Crippen molar-refractivity contribution in [2.75, 3.05) is 13.7 Å². The number of hydrogen-bond donors (Lipinski definition) is 1. The molecule has 1 amide bonds.